The van der Waals surface area contributed by atoms with Crippen molar-refractivity contribution in [3.8, 4) is 0 Å². The Hall–Kier alpha value is -0.650. The van der Waals surface area contributed by atoms with E-state index in [0.717, 1.165) is 32.4 Å². The Bertz CT molecular complexity index is 307. The van der Waals surface area contributed by atoms with Gasteiger partial charge in [0.2, 0.25) is 0 Å². The second-order valence-electron chi connectivity index (χ2n) is 6.01. The average Bonchev–Trinajstić information content (AvgIpc) is 2.81. The molecular formula is C15H30N2O3. The highest BCUT2D eigenvalue weighted by atomic mass is 16.5. The molecule has 1 heterocycles. The zero-order chi connectivity index (χ0) is 15.2. The van der Waals surface area contributed by atoms with Gasteiger partial charge in [0.05, 0.1) is 12.7 Å². The van der Waals surface area contributed by atoms with E-state index in [1.807, 2.05) is 0 Å². The molecule has 5 heteroatoms. The molecule has 0 aromatic carbocycles. The standard InChI is InChI=1S/C15H30N2O3/c1-5-19-14(18)15(3,16)9-6-7-10-17(4)13-8-11-20-12(13)2/h12-13H,5-11,16H2,1-4H3. The highest BCUT2D eigenvalue weighted by Gasteiger charge is 2.30. The lowest BCUT2D eigenvalue weighted by atomic mass is 9.96. The summed E-state index contributed by atoms with van der Waals surface area (Å²) in [6.07, 6.45) is 4.05. The van der Waals surface area contributed by atoms with Crippen molar-refractivity contribution in [2.24, 2.45) is 5.73 Å². The quantitative estimate of drug-likeness (QED) is 0.542. The predicted molar refractivity (Wildman–Crippen MR) is 79.5 cm³/mol. The molecule has 0 aromatic rings. The SMILES string of the molecule is CCOC(=O)C(C)(N)CCCCN(C)C1CCOC1C. The number of likely N-dealkylation sites (N-methyl/N-ethyl adjacent to an activating group) is 1. The van der Waals surface area contributed by atoms with Gasteiger partial charge in [0.1, 0.15) is 5.54 Å². The van der Waals surface area contributed by atoms with Gasteiger partial charge in [0.15, 0.2) is 0 Å². The average molecular weight is 286 g/mol. The van der Waals surface area contributed by atoms with Crippen LogP contribution in [0.2, 0.25) is 0 Å². The number of esters is 1. The van der Waals surface area contributed by atoms with Crippen molar-refractivity contribution in [2.45, 2.75) is 64.1 Å². The van der Waals surface area contributed by atoms with Crippen LogP contribution in [0.3, 0.4) is 0 Å². The minimum Gasteiger partial charge on any atom is -0.465 e. The van der Waals surface area contributed by atoms with E-state index in [0.29, 0.717) is 25.2 Å². The van der Waals surface area contributed by atoms with Crippen LogP contribution in [0.5, 0.6) is 0 Å². The number of nitrogens with two attached hydrogens (primary N) is 1. The number of carbonyl (C=O) groups excluding carboxylic acids is 1. The molecule has 3 unspecified atom stereocenters. The molecule has 1 aliphatic rings. The van der Waals surface area contributed by atoms with Crippen LogP contribution in [0.25, 0.3) is 0 Å². The normalized spacial score (nSPS) is 25.7. The number of ether oxygens (including phenoxy) is 2. The van der Waals surface area contributed by atoms with E-state index in [1.54, 1.807) is 13.8 Å². The van der Waals surface area contributed by atoms with E-state index < -0.39 is 5.54 Å². The lowest BCUT2D eigenvalue weighted by molar-refractivity contribution is -0.149. The van der Waals surface area contributed by atoms with Crippen molar-refractivity contribution >= 4 is 5.97 Å². The van der Waals surface area contributed by atoms with Crippen LogP contribution in [0.1, 0.15) is 46.5 Å². The molecule has 20 heavy (non-hydrogen) atoms. The summed E-state index contributed by atoms with van der Waals surface area (Å²) in [5.41, 5.74) is 5.14. The Balaban J connectivity index is 2.22. The number of unbranched alkanes of at least 4 members (excludes halogenated alkanes) is 1. The Kier molecular flexibility index (Phi) is 6.92. The van der Waals surface area contributed by atoms with Crippen LogP contribution in [-0.4, -0.2) is 55.4 Å². The monoisotopic (exact) mass is 286 g/mol. The summed E-state index contributed by atoms with van der Waals surface area (Å²) in [7, 11) is 2.14. The maximum atomic E-state index is 11.7. The molecule has 0 amide bonds. The Morgan fingerprint density at radius 3 is 2.75 bits per heavy atom. The fourth-order valence-corrected chi connectivity index (χ4v) is 2.72. The first-order valence-electron chi connectivity index (χ1n) is 7.66. The summed E-state index contributed by atoms with van der Waals surface area (Å²) >= 11 is 0. The molecule has 0 aromatic heterocycles. The van der Waals surface area contributed by atoms with Gasteiger partial charge in [0.25, 0.3) is 0 Å². The number of hydrogen-bond acceptors (Lipinski definition) is 5. The summed E-state index contributed by atoms with van der Waals surface area (Å²) in [4.78, 5) is 14.0. The van der Waals surface area contributed by atoms with Gasteiger partial charge in [-0.05, 0) is 60.0 Å². The van der Waals surface area contributed by atoms with Gasteiger partial charge < -0.3 is 20.1 Å². The fourth-order valence-electron chi connectivity index (χ4n) is 2.72. The van der Waals surface area contributed by atoms with E-state index in [4.69, 9.17) is 15.2 Å². The Morgan fingerprint density at radius 2 is 2.20 bits per heavy atom. The third-order valence-corrected chi connectivity index (χ3v) is 4.10. The molecule has 1 fully saturated rings. The van der Waals surface area contributed by atoms with Crippen LogP contribution in [-0.2, 0) is 14.3 Å². The summed E-state index contributed by atoms with van der Waals surface area (Å²) in [5.74, 6) is -0.300. The van der Waals surface area contributed by atoms with Crippen molar-refractivity contribution in [1.82, 2.24) is 4.90 Å². The van der Waals surface area contributed by atoms with E-state index in [9.17, 15) is 4.79 Å². The molecule has 1 rings (SSSR count). The molecule has 2 N–H and O–H groups in total. The molecule has 1 aliphatic heterocycles. The Morgan fingerprint density at radius 1 is 1.50 bits per heavy atom. The molecule has 0 spiro atoms. The highest BCUT2D eigenvalue weighted by molar-refractivity contribution is 5.79. The topological polar surface area (TPSA) is 64.8 Å². The smallest absolute Gasteiger partial charge is 0.325 e. The first-order chi connectivity index (χ1) is 9.38. The number of hydrogen-bond donors (Lipinski definition) is 1. The van der Waals surface area contributed by atoms with E-state index in [1.165, 1.54) is 0 Å². The molecule has 1 saturated heterocycles. The van der Waals surface area contributed by atoms with Crippen LogP contribution in [0.4, 0.5) is 0 Å². The predicted octanol–water partition coefficient (Wildman–Crippen LogP) is 1.55. The van der Waals surface area contributed by atoms with Crippen LogP contribution >= 0.6 is 0 Å². The third-order valence-electron chi connectivity index (χ3n) is 4.10. The van der Waals surface area contributed by atoms with Gasteiger partial charge in [-0.15, -0.1) is 0 Å². The second kappa shape index (κ2) is 7.96. The van der Waals surface area contributed by atoms with Crippen LogP contribution in [0.15, 0.2) is 0 Å². The summed E-state index contributed by atoms with van der Waals surface area (Å²) in [6.45, 7) is 7.94. The van der Waals surface area contributed by atoms with Crippen molar-refractivity contribution in [1.29, 1.82) is 0 Å². The number of carbonyl (C=O) groups is 1. The van der Waals surface area contributed by atoms with Crippen LogP contribution in [0, 0.1) is 0 Å². The lowest BCUT2D eigenvalue weighted by Crippen LogP contribution is -2.46. The summed E-state index contributed by atoms with van der Waals surface area (Å²) < 4.78 is 10.6. The molecule has 118 valence electrons. The largest absolute Gasteiger partial charge is 0.465 e. The van der Waals surface area contributed by atoms with Crippen molar-refractivity contribution < 1.29 is 14.3 Å². The van der Waals surface area contributed by atoms with Gasteiger partial charge in [-0.2, -0.15) is 0 Å². The number of rotatable bonds is 8. The molecular weight excluding hydrogens is 256 g/mol. The zero-order valence-corrected chi connectivity index (χ0v) is 13.4. The minimum absolute atomic E-state index is 0.300. The summed E-state index contributed by atoms with van der Waals surface area (Å²) in [5, 5.41) is 0. The van der Waals surface area contributed by atoms with Gasteiger partial charge in [-0.25, -0.2) is 0 Å². The van der Waals surface area contributed by atoms with Crippen LogP contribution < -0.4 is 5.73 Å². The van der Waals surface area contributed by atoms with E-state index >= 15 is 0 Å². The first kappa shape index (κ1) is 17.4. The molecule has 0 radical (unpaired) electrons. The maximum absolute atomic E-state index is 11.7. The van der Waals surface area contributed by atoms with Gasteiger partial charge >= 0.3 is 5.97 Å². The Labute approximate surface area is 122 Å². The van der Waals surface area contributed by atoms with E-state index in [-0.39, 0.29) is 5.97 Å². The van der Waals surface area contributed by atoms with Crippen molar-refractivity contribution in [3.63, 3.8) is 0 Å². The molecule has 0 bridgehead atoms. The summed E-state index contributed by atoms with van der Waals surface area (Å²) in [6, 6.07) is 0.518. The highest BCUT2D eigenvalue weighted by Crippen LogP contribution is 2.19. The maximum Gasteiger partial charge on any atom is 0.325 e. The lowest BCUT2D eigenvalue weighted by Gasteiger charge is -2.27. The minimum atomic E-state index is -0.863. The number of nitrogens with zero attached hydrogens (tertiary/aromatic N) is 1. The van der Waals surface area contributed by atoms with E-state index in [2.05, 4.69) is 18.9 Å². The molecule has 0 aliphatic carbocycles. The third kappa shape index (κ3) is 5.04. The van der Waals surface area contributed by atoms with Crippen molar-refractivity contribution in [2.75, 3.05) is 26.8 Å². The van der Waals surface area contributed by atoms with Gasteiger partial charge in [-0.3, -0.25) is 4.79 Å². The molecule has 0 saturated carbocycles. The van der Waals surface area contributed by atoms with Gasteiger partial charge in [0, 0.05) is 12.6 Å². The molecule has 5 nitrogen and oxygen atoms in total. The fraction of sp³-hybridized carbons (Fsp3) is 0.933. The van der Waals surface area contributed by atoms with Gasteiger partial charge in [-0.1, -0.05) is 0 Å². The zero-order valence-electron chi connectivity index (χ0n) is 13.4. The second-order valence-corrected chi connectivity index (χ2v) is 6.01. The molecule has 3 atom stereocenters. The van der Waals surface area contributed by atoms with Crippen molar-refractivity contribution in [3.05, 3.63) is 0 Å². The first-order valence-corrected chi connectivity index (χ1v) is 7.66.